The van der Waals surface area contributed by atoms with Crippen LogP contribution in [0.3, 0.4) is 0 Å². The fourth-order valence-electron chi connectivity index (χ4n) is 6.22. The first-order valence-electron chi connectivity index (χ1n) is 13.4. The van der Waals surface area contributed by atoms with Crippen molar-refractivity contribution in [2.45, 2.75) is 62.3 Å². The number of hydrogen-bond acceptors (Lipinski definition) is 7. The van der Waals surface area contributed by atoms with Gasteiger partial charge in [0.15, 0.2) is 11.6 Å². The van der Waals surface area contributed by atoms with E-state index in [-0.39, 0.29) is 23.6 Å². The molecule has 210 valence electrons. The monoisotopic (exact) mass is 552 g/mol. The van der Waals surface area contributed by atoms with Gasteiger partial charge in [0.25, 0.3) is 0 Å². The number of ether oxygens (including phenoxy) is 2. The van der Waals surface area contributed by atoms with Crippen LogP contribution in [0.15, 0.2) is 42.5 Å². The number of benzene rings is 2. The fourth-order valence-corrected chi connectivity index (χ4v) is 6.22. The van der Waals surface area contributed by atoms with Crippen LogP contribution in [0.1, 0.15) is 60.8 Å². The number of nitrogens with one attached hydrogen (secondary N) is 1. The van der Waals surface area contributed by atoms with Gasteiger partial charge in [-0.3, -0.25) is 0 Å². The molecule has 2 aliphatic heterocycles. The molecule has 40 heavy (non-hydrogen) atoms. The van der Waals surface area contributed by atoms with Gasteiger partial charge in [0.2, 0.25) is 6.10 Å². The van der Waals surface area contributed by atoms with Crippen molar-refractivity contribution >= 4 is 18.1 Å². The maximum atomic E-state index is 14.2. The molecule has 2 unspecified atom stereocenters. The number of amides is 3. The summed E-state index contributed by atoms with van der Waals surface area (Å²) in [7, 11) is 1.11. The van der Waals surface area contributed by atoms with Crippen molar-refractivity contribution in [3.05, 3.63) is 70.8 Å². The fraction of sp³-hybridized carbons (Fsp3) is 0.448. The Balaban J connectivity index is 1.45. The third-order valence-corrected chi connectivity index (χ3v) is 8.17. The van der Waals surface area contributed by atoms with Crippen LogP contribution in [0.4, 0.5) is 18.4 Å². The van der Waals surface area contributed by atoms with Crippen LogP contribution >= 0.6 is 0 Å². The van der Waals surface area contributed by atoms with Crippen molar-refractivity contribution in [3.63, 3.8) is 0 Å². The zero-order chi connectivity index (χ0) is 28.4. The van der Waals surface area contributed by atoms with Gasteiger partial charge in [-0.25, -0.2) is 28.1 Å². The summed E-state index contributed by atoms with van der Waals surface area (Å²) < 4.78 is 38.1. The summed E-state index contributed by atoms with van der Waals surface area (Å²) in [5.74, 6) is -3.03. The van der Waals surface area contributed by atoms with E-state index in [1.165, 1.54) is 6.07 Å². The average Bonchev–Trinajstić information content (AvgIpc) is 3.62. The molecule has 2 saturated heterocycles. The third-order valence-electron chi connectivity index (χ3n) is 8.17. The number of imide groups is 1. The molecule has 0 aromatic heterocycles. The zero-order valence-corrected chi connectivity index (χ0v) is 22.0. The first-order chi connectivity index (χ1) is 19.3. The molecule has 5 rings (SSSR count). The second kappa shape index (κ2) is 11.6. The van der Waals surface area contributed by atoms with E-state index in [1.54, 1.807) is 11.0 Å². The Kier molecular flexibility index (Phi) is 7.98. The van der Waals surface area contributed by atoms with E-state index in [0.717, 1.165) is 42.5 Å². The number of esters is 1. The highest BCUT2D eigenvalue weighted by Crippen LogP contribution is 2.40. The Hall–Kier alpha value is -4.04. The van der Waals surface area contributed by atoms with Gasteiger partial charge in [-0.1, -0.05) is 24.3 Å². The minimum Gasteiger partial charge on any atom is -0.466 e. The van der Waals surface area contributed by atoms with E-state index in [1.807, 2.05) is 18.2 Å². The molecule has 3 atom stereocenters. The number of nitriles is 1. The van der Waals surface area contributed by atoms with Gasteiger partial charge in [0.1, 0.15) is 6.04 Å². The molecule has 2 aromatic carbocycles. The Morgan fingerprint density at radius 1 is 1.07 bits per heavy atom. The summed E-state index contributed by atoms with van der Waals surface area (Å²) >= 11 is 0. The average molecular weight is 553 g/mol. The van der Waals surface area contributed by atoms with Gasteiger partial charge in [0.05, 0.1) is 18.7 Å². The lowest BCUT2D eigenvalue weighted by molar-refractivity contribution is -0.150. The van der Waals surface area contributed by atoms with Crippen LogP contribution in [0.2, 0.25) is 0 Å². The van der Waals surface area contributed by atoms with Gasteiger partial charge >= 0.3 is 18.1 Å². The molecule has 0 spiro atoms. The Morgan fingerprint density at radius 3 is 2.48 bits per heavy atom. The number of carbonyl (C=O) groups is 3. The predicted octanol–water partition coefficient (Wildman–Crippen LogP) is 4.38. The summed E-state index contributed by atoms with van der Waals surface area (Å²) in [4.78, 5) is 42.5. The van der Waals surface area contributed by atoms with Gasteiger partial charge in [0, 0.05) is 18.6 Å². The van der Waals surface area contributed by atoms with Crippen LogP contribution in [-0.4, -0.2) is 66.3 Å². The highest BCUT2D eigenvalue weighted by Gasteiger charge is 2.53. The molecule has 11 heteroatoms. The lowest BCUT2D eigenvalue weighted by Gasteiger charge is -2.42. The lowest BCUT2D eigenvalue weighted by Crippen LogP contribution is -2.55. The van der Waals surface area contributed by atoms with Crippen LogP contribution < -0.4 is 5.32 Å². The molecule has 1 N–H and O–H groups in total. The van der Waals surface area contributed by atoms with E-state index < -0.39 is 41.9 Å². The molecule has 0 bridgehead atoms. The highest BCUT2D eigenvalue weighted by atomic mass is 19.2. The summed E-state index contributed by atoms with van der Waals surface area (Å²) in [6, 6.07) is 10.3. The van der Waals surface area contributed by atoms with Gasteiger partial charge in [-0.15, -0.1) is 0 Å². The first-order valence-corrected chi connectivity index (χ1v) is 13.4. The van der Waals surface area contributed by atoms with Crippen molar-refractivity contribution in [3.8, 4) is 6.07 Å². The number of nitrogens with zero attached hydrogens (tertiary/aromatic N) is 3. The third kappa shape index (κ3) is 5.11. The number of carbonyl (C=O) groups excluding carboxylic acids is 3. The van der Waals surface area contributed by atoms with Crippen molar-refractivity contribution in [1.82, 2.24) is 15.1 Å². The van der Waals surface area contributed by atoms with E-state index in [2.05, 4.69) is 11.4 Å². The molecule has 9 nitrogen and oxygen atoms in total. The molecule has 3 amide bonds. The summed E-state index contributed by atoms with van der Waals surface area (Å²) in [6.45, 7) is 1.23. The molecule has 2 heterocycles. The van der Waals surface area contributed by atoms with E-state index >= 15 is 0 Å². The summed E-state index contributed by atoms with van der Waals surface area (Å²) in [5.41, 5.74) is 1.67. The lowest BCUT2D eigenvalue weighted by atomic mass is 9.79. The number of hydrogen-bond donors (Lipinski definition) is 1. The van der Waals surface area contributed by atoms with Crippen LogP contribution in [0.25, 0.3) is 0 Å². The molecular formula is C29H30F2N4O5. The van der Waals surface area contributed by atoms with Crippen LogP contribution in [0, 0.1) is 23.0 Å². The van der Waals surface area contributed by atoms with E-state index in [0.29, 0.717) is 37.9 Å². The van der Waals surface area contributed by atoms with Crippen molar-refractivity contribution < 1.29 is 32.6 Å². The molecule has 0 radical (unpaired) electrons. The SMILES string of the molecule is COC(=O)C1OC(=O)N(C(=O)N(C2CCC(c3ccccc3C#N)CC2)[C@@H]2CCNC2)C1c1ccc(F)c(F)c1. The zero-order valence-electron chi connectivity index (χ0n) is 22.0. The smallest absolute Gasteiger partial charge is 0.419 e. The molecule has 1 aliphatic carbocycles. The number of methoxy groups -OCH3 is 1. The van der Waals surface area contributed by atoms with Gasteiger partial charge in [-0.2, -0.15) is 5.26 Å². The Bertz CT molecular complexity index is 1330. The van der Waals surface area contributed by atoms with E-state index in [9.17, 15) is 28.4 Å². The topological polar surface area (TPSA) is 112 Å². The molecule has 1 saturated carbocycles. The van der Waals surface area contributed by atoms with Gasteiger partial charge < -0.3 is 19.7 Å². The predicted molar refractivity (Wildman–Crippen MR) is 138 cm³/mol. The standard InChI is InChI=1S/C29H30F2N4O5/c1-39-27(36)26-25(18-8-11-23(30)24(31)14-18)35(29(38)40-26)28(37)34(21-12-13-33-16-21)20-9-6-17(7-10-20)22-5-3-2-4-19(22)15-32/h2-5,8,11,14,17,20-21,25-26,33H,6-7,9-10,12-13,16H2,1H3/t17?,20?,21-,25?,26?/m1/s1. The van der Waals surface area contributed by atoms with E-state index in [4.69, 9.17) is 9.47 Å². The minimum absolute atomic E-state index is 0.0369. The Labute approximate surface area is 230 Å². The number of halogens is 2. The van der Waals surface area contributed by atoms with Gasteiger partial charge in [-0.05, 0) is 73.9 Å². The number of cyclic esters (lactones) is 1. The summed E-state index contributed by atoms with van der Waals surface area (Å²) in [6.07, 6.45) is 0.861. The molecular weight excluding hydrogens is 522 g/mol. The minimum atomic E-state index is -1.53. The normalized spacial score (nSPS) is 26.2. The van der Waals surface area contributed by atoms with Crippen molar-refractivity contribution in [2.75, 3.05) is 20.2 Å². The van der Waals surface area contributed by atoms with Crippen molar-refractivity contribution in [1.29, 1.82) is 5.26 Å². The molecule has 3 aliphatic rings. The highest BCUT2D eigenvalue weighted by molar-refractivity contribution is 5.96. The first kappa shape index (κ1) is 27.5. The quantitative estimate of drug-likeness (QED) is 0.548. The maximum Gasteiger partial charge on any atom is 0.419 e. The Morgan fingerprint density at radius 2 is 1.82 bits per heavy atom. The number of urea groups is 1. The van der Waals surface area contributed by atoms with Crippen LogP contribution in [0.5, 0.6) is 0 Å². The molecule has 3 fully saturated rings. The second-order valence-electron chi connectivity index (χ2n) is 10.4. The largest absolute Gasteiger partial charge is 0.466 e. The summed E-state index contributed by atoms with van der Waals surface area (Å²) in [5, 5.41) is 12.8. The van der Waals surface area contributed by atoms with Crippen LogP contribution in [-0.2, 0) is 14.3 Å². The maximum absolute atomic E-state index is 14.2. The van der Waals surface area contributed by atoms with Crippen molar-refractivity contribution in [2.24, 2.45) is 0 Å². The second-order valence-corrected chi connectivity index (χ2v) is 10.4. The molecule has 2 aromatic rings. The number of rotatable bonds is 5.